The van der Waals surface area contributed by atoms with Crippen LogP contribution < -0.4 is 10.2 Å². The summed E-state index contributed by atoms with van der Waals surface area (Å²) in [7, 11) is 1.60. The number of hydrogen-bond donors (Lipinski definition) is 2. The van der Waals surface area contributed by atoms with Gasteiger partial charge in [-0.3, -0.25) is 4.79 Å². The number of anilines is 1. The second-order valence-electron chi connectivity index (χ2n) is 8.65. The number of halogens is 1. The maximum atomic E-state index is 12.7. The van der Waals surface area contributed by atoms with Crippen LogP contribution >= 0.6 is 11.6 Å². The van der Waals surface area contributed by atoms with Crippen molar-refractivity contribution in [2.24, 2.45) is 0 Å². The van der Waals surface area contributed by atoms with Crippen molar-refractivity contribution in [2.45, 2.75) is 71.4 Å². The van der Waals surface area contributed by atoms with E-state index in [1.807, 2.05) is 32.6 Å². The zero-order valence-electron chi connectivity index (χ0n) is 20.4. The number of piperidine rings is 1. The third-order valence-corrected chi connectivity index (χ3v) is 6.15. The molecule has 0 bridgehead atoms. The van der Waals surface area contributed by atoms with Crippen LogP contribution in [0.1, 0.15) is 85.4 Å². The molecule has 11 heteroatoms. The van der Waals surface area contributed by atoms with Gasteiger partial charge >= 0.3 is 5.97 Å². The van der Waals surface area contributed by atoms with Crippen molar-refractivity contribution >= 4 is 29.5 Å². The van der Waals surface area contributed by atoms with E-state index in [-0.39, 0.29) is 35.5 Å². The lowest BCUT2D eigenvalue weighted by atomic mass is 10.0. The molecule has 1 aliphatic heterocycles. The number of carbonyl (C=O) groups is 2. The number of H-pyrrole nitrogens is 1. The van der Waals surface area contributed by atoms with Crippen LogP contribution in [0.15, 0.2) is 4.42 Å². The van der Waals surface area contributed by atoms with Gasteiger partial charge in [-0.2, -0.15) is 4.98 Å². The van der Waals surface area contributed by atoms with E-state index in [9.17, 15) is 9.59 Å². The summed E-state index contributed by atoms with van der Waals surface area (Å²) in [6.07, 6.45) is 2.66. The van der Waals surface area contributed by atoms with Crippen molar-refractivity contribution in [3.05, 3.63) is 28.1 Å². The molecule has 2 atom stereocenters. The zero-order chi connectivity index (χ0) is 24.8. The van der Waals surface area contributed by atoms with E-state index in [1.165, 1.54) is 0 Å². The molecule has 2 aromatic heterocycles. The molecule has 1 amide bonds. The Morgan fingerprint density at radius 3 is 2.71 bits per heavy atom. The van der Waals surface area contributed by atoms with Crippen molar-refractivity contribution < 1.29 is 23.5 Å². The van der Waals surface area contributed by atoms with E-state index in [0.29, 0.717) is 49.5 Å². The molecular weight excluding hydrogens is 462 g/mol. The Morgan fingerprint density at radius 2 is 2.09 bits per heavy atom. The Balaban J connectivity index is 1.69. The maximum absolute atomic E-state index is 12.7. The predicted octanol–water partition coefficient (Wildman–Crippen LogP) is 3.72. The molecular formula is C23H34ClN5O5. The third kappa shape index (κ3) is 5.90. The molecule has 2 aromatic rings. The number of rotatable bonds is 10. The quantitative estimate of drug-likeness (QED) is 0.377. The minimum atomic E-state index is -0.471. The number of nitrogens with zero attached hydrogens (tertiary/aromatic N) is 3. The van der Waals surface area contributed by atoms with Gasteiger partial charge in [0.2, 0.25) is 0 Å². The van der Waals surface area contributed by atoms with Gasteiger partial charge in [0.05, 0.1) is 31.0 Å². The molecule has 3 rings (SSSR count). The van der Waals surface area contributed by atoms with Crippen LogP contribution in [0.2, 0.25) is 5.15 Å². The molecule has 0 unspecified atom stereocenters. The summed E-state index contributed by atoms with van der Waals surface area (Å²) in [6.45, 7) is 9.20. The maximum Gasteiger partial charge on any atom is 0.360 e. The van der Waals surface area contributed by atoms with Crippen molar-refractivity contribution in [1.82, 2.24) is 20.3 Å². The molecule has 188 valence electrons. The summed E-state index contributed by atoms with van der Waals surface area (Å²) in [5, 5.41) is 3.29. The average molecular weight is 496 g/mol. The van der Waals surface area contributed by atoms with Crippen LogP contribution in [-0.2, 0) is 15.9 Å². The highest BCUT2D eigenvalue weighted by molar-refractivity contribution is 6.30. The molecule has 3 heterocycles. The van der Waals surface area contributed by atoms with Gasteiger partial charge in [0, 0.05) is 19.6 Å². The molecule has 34 heavy (non-hydrogen) atoms. The second kappa shape index (κ2) is 11.7. The van der Waals surface area contributed by atoms with Crippen molar-refractivity contribution in [1.29, 1.82) is 0 Å². The highest BCUT2D eigenvalue weighted by atomic mass is 35.5. The van der Waals surface area contributed by atoms with Gasteiger partial charge in [-0.1, -0.05) is 45.7 Å². The monoisotopic (exact) mass is 495 g/mol. The molecule has 2 N–H and O–H groups in total. The van der Waals surface area contributed by atoms with Crippen LogP contribution in [0.25, 0.3) is 0 Å². The number of esters is 1. The number of aryl methyl sites for hydroxylation is 1. The normalized spacial score (nSPS) is 18.4. The summed E-state index contributed by atoms with van der Waals surface area (Å²) in [5.74, 6) is -0.154. The van der Waals surface area contributed by atoms with E-state index >= 15 is 0 Å². The van der Waals surface area contributed by atoms with Crippen molar-refractivity contribution in [3.8, 4) is 0 Å². The van der Waals surface area contributed by atoms with Crippen LogP contribution in [0.3, 0.4) is 0 Å². The average Bonchev–Trinajstić information content (AvgIpc) is 3.43. The number of carbonyl (C=O) groups excluding carboxylic acids is 2. The molecule has 1 aliphatic rings. The third-order valence-electron chi connectivity index (χ3n) is 5.84. The number of amides is 1. The van der Waals surface area contributed by atoms with E-state index < -0.39 is 5.97 Å². The Bertz CT molecular complexity index is 989. The van der Waals surface area contributed by atoms with Gasteiger partial charge in [0.1, 0.15) is 5.76 Å². The number of imidazole rings is 1. The lowest BCUT2D eigenvalue weighted by Gasteiger charge is -2.37. The molecule has 0 spiro atoms. The van der Waals surface area contributed by atoms with E-state index in [4.69, 9.17) is 25.5 Å². The topological polar surface area (TPSA) is 123 Å². The Labute approximate surface area is 204 Å². The first-order chi connectivity index (χ1) is 16.3. The number of oxazole rings is 1. The molecule has 0 radical (unpaired) electrons. The lowest BCUT2D eigenvalue weighted by molar-refractivity contribution is 0.0489. The number of methoxy groups -OCH3 is 1. The van der Waals surface area contributed by atoms with Crippen LogP contribution in [-0.4, -0.2) is 65.8 Å². The molecule has 0 aliphatic carbocycles. The van der Waals surface area contributed by atoms with E-state index in [0.717, 1.165) is 18.5 Å². The standard InChI is InChI=1S/C23H34ClN5O5/c1-6-8-11-33-22(31)17-18(13(3)4)34-23(27-17)29-10-9-15(16(12-29)32-5)26-21(30)20-25-14(7-2)19(24)28-20/h13,15-16H,6-12H2,1-5H3,(H,25,28)(H,26,30)/t15-,16+/m1/s1. The number of ether oxygens (including phenoxy) is 2. The van der Waals surface area contributed by atoms with Crippen molar-refractivity contribution in [3.63, 3.8) is 0 Å². The largest absolute Gasteiger partial charge is 0.461 e. The Kier molecular flexibility index (Phi) is 8.96. The first kappa shape index (κ1) is 26.0. The van der Waals surface area contributed by atoms with Crippen molar-refractivity contribution in [2.75, 3.05) is 31.7 Å². The molecule has 0 aromatic carbocycles. The number of hydrogen-bond acceptors (Lipinski definition) is 8. The van der Waals surface area contributed by atoms with Gasteiger partial charge in [0.25, 0.3) is 11.9 Å². The number of unbranched alkanes of at least 4 members (excludes halogenated alkanes) is 1. The van der Waals surface area contributed by atoms with E-state index in [2.05, 4.69) is 20.3 Å². The molecule has 1 fully saturated rings. The van der Waals surface area contributed by atoms with Gasteiger partial charge in [-0.15, -0.1) is 0 Å². The molecule has 1 saturated heterocycles. The fourth-order valence-corrected chi connectivity index (χ4v) is 4.10. The second-order valence-corrected chi connectivity index (χ2v) is 9.01. The van der Waals surface area contributed by atoms with E-state index in [1.54, 1.807) is 7.11 Å². The summed E-state index contributed by atoms with van der Waals surface area (Å²) >= 11 is 6.07. The summed E-state index contributed by atoms with van der Waals surface area (Å²) in [5.41, 5.74) is 0.936. The zero-order valence-corrected chi connectivity index (χ0v) is 21.2. The van der Waals surface area contributed by atoms with Gasteiger partial charge in [-0.25, -0.2) is 9.78 Å². The Hall–Kier alpha value is -2.59. The lowest BCUT2D eigenvalue weighted by Crippen LogP contribution is -2.55. The number of nitrogens with one attached hydrogen (secondary N) is 2. The molecule has 0 saturated carbocycles. The number of aromatic amines is 1. The Morgan fingerprint density at radius 1 is 1.32 bits per heavy atom. The van der Waals surface area contributed by atoms with Gasteiger partial charge in [-0.05, 0) is 19.3 Å². The summed E-state index contributed by atoms with van der Waals surface area (Å²) in [4.78, 5) is 38.7. The minimum absolute atomic E-state index is 0.0295. The van der Waals surface area contributed by atoms with Crippen LogP contribution in [0.5, 0.6) is 0 Å². The number of aromatic nitrogens is 3. The predicted molar refractivity (Wildman–Crippen MR) is 128 cm³/mol. The minimum Gasteiger partial charge on any atom is -0.461 e. The molecule has 10 nitrogen and oxygen atoms in total. The highest BCUT2D eigenvalue weighted by Crippen LogP contribution is 2.29. The highest BCUT2D eigenvalue weighted by Gasteiger charge is 2.34. The smallest absolute Gasteiger partial charge is 0.360 e. The summed E-state index contributed by atoms with van der Waals surface area (Å²) in [6, 6.07) is 0.115. The van der Waals surface area contributed by atoms with Gasteiger partial charge in [0.15, 0.2) is 16.7 Å². The first-order valence-electron chi connectivity index (χ1n) is 11.8. The van der Waals surface area contributed by atoms with Crippen LogP contribution in [0.4, 0.5) is 6.01 Å². The SMILES string of the molecule is CCCCOC(=O)c1nc(N2CC[C@@H](NC(=O)c3nc(Cl)c(CC)[nH]3)[C@@H](OC)C2)oc1C(C)C. The first-order valence-corrected chi connectivity index (χ1v) is 12.2. The van der Waals surface area contributed by atoms with Crippen LogP contribution in [0, 0.1) is 0 Å². The summed E-state index contributed by atoms with van der Waals surface area (Å²) < 4.78 is 17.0. The fourth-order valence-electron chi connectivity index (χ4n) is 3.83. The fraction of sp³-hybridized carbons (Fsp3) is 0.652. The van der Waals surface area contributed by atoms with Gasteiger partial charge < -0.3 is 29.1 Å².